The van der Waals surface area contributed by atoms with E-state index in [-0.39, 0.29) is 16.9 Å². The van der Waals surface area contributed by atoms with E-state index in [4.69, 9.17) is 0 Å². The van der Waals surface area contributed by atoms with Gasteiger partial charge >= 0.3 is 0 Å². The molecule has 1 atom stereocenters. The smallest absolute Gasteiger partial charge is 0.263 e. The number of benzene rings is 1. The van der Waals surface area contributed by atoms with Crippen molar-refractivity contribution < 1.29 is 13.9 Å². The molecule has 1 unspecified atom stereocenters. The summed E-state index contributed by atoms with van der Waals surface area (Å²) in [4.78, 5) is 0. The molecular weight excluding hydrogens is 212 g/mol. The zero-order valence-corrected chi connectivity index (χ0v) is 9.13. The van der Waals surface area contributed by atoms with E-state index in [1.54, 1.807) is 0 Å². The van der Waals surface area contributed by atoms with Gasteiger partial charge in [0.2, 0.25) is 0 Å². The number of rotatable bonds is 2. The van der Waals surface area contributed by atoms with Crippen molar-refractivity contribution in [1.82, 2.24) is 5.32 Å². The highest BCUT2D eigenvalue weighted by Gasteiger charge is 2.32. The molecule has 4 heteroatoms. The van der Waals surface area contributed by atoms with Crippen molar-refractivity contribution in [3.05, 3.63) is 29.3 Å². The first-order valence-electron chi connectivity index (χ1n) is 5.39. The van der Waals surface area contributed by atoms with Gasteiger partial charge in [0.1, 0.15) is 5.75 Å². The summed E-state index contributed by atoms with van der Waals surface area (Å²) in [6.45, 7) is 2.79. The first kappa shape index (κ1) is 11.3. The molecule has 2 N–H and O–H groups in total. The van der Waals surface area contributed by atoms with Gasteiger partial charge in [0.25, 0.3) is 6.43 Å². The lowest BCUT2D eigenvalue weighted by Crippen LogP contribution is -2.33. The normalized spacial score (nSPS) is 25.2. The molecule has 1 aliphatic heterocycles. The largest absolute Gasteiger partial charge is 0.508 e. The van der Waals surface area contributed by atoms with E-state index in [1.165, 1.54) is 18.2 Å². The predicted octanol–water partition coefficient (Wildman–Crippen LogP) is 2.93. The van der Waals surface area contributed by atoms with Crippen LogP contribution in [0.25, 0.3) is 0 Å². The Morgan fingerprint density at radius 1 is 1.44 bits per heavy atom. The van der Waals surface area contributed by atoms with Crippen molar-refractivity contribution in [3.8, 4) is 5.75 Å². The van der Waals surface area contributed by atoms with Crippen LogP contribution < -0.4 is 5.32 Å². The van der Waals surface area contributed by atoms with Crippen molar-refractivity contribution in [3.63, 3.8) is 0 Å². The topological polar surface area (TPSA) is 32.3 Å². The molecule has 1 aromatic carbocycles. The van der Waals surface area contributed by atoms with Crippen LogP contribution in [-0.2, 0) is 5.54 Å². The monoisotopic (exact) mass is 227 g/mol. The van der Waals surface area contributed by atoms with Crippen molar-refractivity contribution in [1.29, 1.82) is 0 Å². The summed E-state index contributed by atoms with van der Waals surface area (Å²) in [7, 11) is 0. The minimum Gasteiger partial charge on any atom is -0.508 e. The second kappa shape index (κ2) is 4.01. The molecule has 1 fully saturated rings. The van der Waals surface area contributed by atoms with Crippen molar-refractivity contribution >= 4 is 0 Å². The van der Waals surface area contributed by atoms with Crippen LogP contribution in [0.1, 0.15) is 37.3 Å². The highest BCUT2D eigenvalue weighted by Crippen LogP contribution is 2.37. The first-order chi connectivity index (χ1) is 7.53. The van der Waals surface area contributed by atoms with E-state index in [0.717, 1.165) is 19.4 Å². The van der Waals surface area contributed by atoms with Gasteiger partial charge in [-0.1, -0.05) is 0 Å². The summed E-state index contributed by atoms with van der Waals surface area (Å²) >= 11 is 0. The highest BCUT2D eigenvalue weighted by atomic mass is 19.3. The third-order valence-electron chi connectivity index (χ3n) is 3.24. The van der Waals surface area contributed by atoms with Crippen LogP contribution in [0.3, 0.4) is 0 Å². The van der Waals surface area contributed by atoms with Crippen molar-refractivity contribution in [2.75, 3.05) is 6.54 Å². The summed E-state index contributed by atoms with van der Waals surface area (Å²) < 4.78 is 25.2. The van der Waals surface area contributed by atoms with Crippen LogP contribution in [-0.4, -0.2) is 11.7 Å². The lowest BCUT2D eigenvalue weighted by Gasteiger charge is -2.26. The quantitative estimate of drug-likeness (QED) is 0.814. The molecule has 0 spiro atoms. The Bertz CT molecular complexity index is 387. The molecular formula is C12H15F2NO. The van der Waals surface area contributed by atoms with Gasteiger partial charge in [0, 0.05) is 16.7 Å². The van der Waals surface area contributed by atoms with Gasteiger partial charge in [-0.2, -0.15) is 0 Å². The van der Waals surface area contributed by atoms with Gasteiger partial charge in [0.15, 0.2) is 0 Å². The molecule has 16 heavy (non-hydrogen) atoms. The molecule has 1 aromatic rings. The Balaban J connectivity index is 2.42. The number of phenolic OH excluding ortho intramolecular Hbond substituents is 1. The van der Waals surface area contributed by atoms with Crippen LogP contribution in [0, 0.1) is 0 Å². The van der Waals surface area contributed by atoms with E-state index < -0.39 is 6.43 Å². The van der Waals surface area contributed by atoms with E-state index in [1.807, 2.05) is 6.92 Å². The second-order valence-electron chi connectivity index (χ2n) is 4.44. The maximum Gasteiger partial charge on any atom is 0.263 e. The van der Waals surface area contributed by atoms with Gasteiger partial charge in [-0.15, -0.1) is 0 Å². The molecule has 0 radical (unpaired) electrons. The summed E-state index contributed by atoms with van der Waals surface area (Å²) in [6, 6.07) is 4.02. The molecule has 0 bridgehead atoms. The van der Waals surface area contributed by atoms with Crippen molar-refractivity contribution in [2.45, 2.75) is 31.7 Å². The fourth-order valence-corrected chi connectivity index (χ4v) is 2.26. The summed E-state index contributed by atoms with van der Waals surface area (Å²) in [5, 5.41) is 13.0. The standard InChI is InChI=1S/C12H15F2NO/c1-12(5-2-6-15-12)9-7-8(11(13)14)3-4-10(9)16/h3-4,7,11,15-16H,2,5-6H2,1H3. The summed E-state index contributed by atoms with van der Waals surface area (Å²) in [5.74, 6) is 0.0845. The van der Waals surface area contributed by atoms with E-state index in [2.05, 4.69) is 5.32 Å². The molecule has 88 valence electrons. The van der Waals surface area contributed by atoms with E-state index in [0.29, 0.717) is 5.56 Å². The fraction of sp³-hybridized carbons (Fsp3) is 0.500. The minimum absolute atomic E-state index is 0.0391. The van der Waals surface area contributed by atoms with Gasteiger partial charge in [0.05, 0.1) is 0 Å². The minimum atomic E-state index is -2.50. The van der Waals surface area contributed by atoms with Crippen LogP contribution in [0.4, 0.5) is 8.78 Å². The number of phenols is 1. The Kier molecular flexibility index (Phi) is 2.84. The average Bonchev–Trinajstić information content (AvgIpc) is 2.66. The number of alkyl halides is 2. The fourth-order valence-electron chi connectivity index (χ4n) is 2.26. The Labute approximate surface area is 93.3 Å². The zero-order chi connectivity index (χ0) is 11.8. The van der Waals surface area contributed by atoms with Crippen molar-refractivity contribution in [2.24, 2.45) is 0 Å². The van der Waals surface area contributed by atoms with Crippen LogP contribution in [0.2, 0.25) is 0 Å². The van der Waals surface area contributed by atoms with Gasteiger partial charge in [-0.05, 0) is 44.5 Å². The molecule has 1 aliphatic rings. The molecule has 1 saturated heterocycles. The van der Waals surface area contributed by atoms with E-state index >= 15 is 0 Å². The lowest BCUT2D eigenvalue weighted by atomic mass is 9.88. The second-order valence-corrected chi connectivity index (χ2v) is 4.44. The van der Waals surface area contributed by atoms with Crippen LogP contribution in [0.5, 0.6) is 5.75 Å². The lowest BCUT2D eigenvalue weighted by molar-refractivity contribution is 0.151. The summed E-state index contributed by atoms with van der Waals surface area (Å²) in [6.07, 6.45) is -0.647. The Morgan fingerprint density at radius 3 is 2.75 bits per heavy atom. The number of hydrogen-bond donors (Lipinski definition) is 2. The van der Waals surface area contributed by atoms with Gasteiger partial charge in [-0.25, -0.2) is 8.78 Å². The number of halogens is 2. The molecule has 0 amide bonds. The number of nitrogens with one attached hydrogen (secondary N) is 1. The Morgan fingerprint density at radius 2 is 2.19 bits per heavy atom. The third-order valence-corrected chi connectivity index (χ3v) is 3.24. The maximum atomic E-state index is 12.6. The van der Waals surface area contributed by atoms with Gasteiger partial charge < -0.3 is 10.4 Å². The first-order valence-corrected chi connectivity index (χ1v) is 5.39. The highest BCUT2D eigenvalue weighted by molar-refractivity contribution is 5.41. The number of hydrogen-bond acceptors (Lipinski definition) is 2. The van der Waals surface area contributed by atoms with Gasteiger partial charge in [-0.3, -0.25) is 0 Å². The molecule has 2 nitrogen and oxygen atoms in total. The molecule has 0 aliphatic carbocycles. The third kappa shape index (κ3) is 1.89. The van der Waals surface area contributed by atoms with Crippen LogP contribution >= 0.6 is 0 Å². The predicted molar refractivity (Wildman–Crippen MR) is 57.7 cm³/mol. The molecule has 1 heterocycles. The average molecular weight is 227 g/mol. The Hall–Kier alpha value is -1.16. The summed E-state index contributed by atoms with van der Waals surface area (Å²) in [5.41, 5.74) is 0.153. The zero-order valence-electron chi connectivity index (χ0n) is 9.13. The van der Waals surface area contributed by atoms with E-state index in [9.17, 15) is 13.9 Å². The number of aromatic hydroxyl groups is 1. The maximum absolute atomic E-state index is 12.6. The molecule has 0 saturated carbocycles. The molecule has 2 rings (SSSR count). The van der Waals surface area contributed by atoms with Crippen LogP contribution in [0.15, 0.2) is 18.2 Å². The SMILES string of the molecule is CC1(c2cc(C(F)F)ccc2O)CCCN1. The molecule has 0 aromatic heterocycles.